The lowest BCUT2D eigenvalue weighted by Gasteiger charge is -2.27. The van der Waals surface area contributed by atoms with Crippen LogP contribution < -0.4 is 0 Å². The lowest BCUT2D eigenvalue weighted by molar-refractivity contribution is -0.141. The third kappa shape index (κ3) is 3.05. The number of rotatable bonds is 3. The zero-order valence-corrected chi connectivity index (χ0v) is 11.3. The minimum Gasteiger partial charge on any atom is -0.480 e. The topological polar surface area (TPSA) is 81.1 Å². The van der Waals surface area contributed by atoms with E-state index in [1.54, 1.807) is 18.4 Å². The van der Waals surface area contributed by atoms with Crippen molar-refractivity contribution in [2.24, 2.45) is 0 Å². The van der Waals surface area contributed by atoms with E-state index in [1.807, 2.05) is 17.5 Å². The fourth-order valence-electron chi connectivity index (χ4n) is 2.18. The number of aliphatic carboxylic acids is 1. The van der Waals surface area contributed by atoms with Gasteiger partial charge in [-0.05, 0) is 11.4 Å². The fourth-order valence-corrected chi connectivity index (χ4v) is 2.94. The van der Waals surface area contributed by atoms with E-state index in [0.29, 0.717) is 6.54 Å². The summed E-state index contributed by atoms with van der Waals surface area (Å²) in [7, 11) is 1.63. The number of hydrogen-bond donors (Lipinski definition) is 2. The maximum absolute atomic E-state index is 12.2. The van der Waals surface area contributed by atoms with Gasteiger partial charge in [0.05, 0.1) is 12.6 Å². The number of nitrogens with zero attached hydrogens (tertiary/aromatic N) is 2. The van der Waals surface area contributed by atoms with Gasteiger partial charge in [-0.3, -0.25) is 0 Å². The van der Waals surface area contributed by atoms with Crippen LogP contribution in [-0.4, -0.2) is 57.8 Å². The van der Waals surface area contributed by atoms with Crippen LogP contribution in [0.3, 0.4) is 0 Å². The molecule has 2 atom stereocenters. The van der Waals surface area contributed by atoms with Crippen LogP contribution in [0.25, 0.3) is 0 Å². The molecule has 0 spiro atoms. The molecular weight excluding hydrogens is 268 g/mol. The van der Waals surface area contributed by atoms with Gasteiger partial charge in [-0.25, -0.2) is 9.59 Å². The molecule has 1 aromatic rings. The van der Waals surface area contributed by atoms with E-state index in [-0.39, 0.29) is 19.0 Å². The highest BCUT2D eigenvalue weighted by molar-refractivity contribution is 7.09. The van der Waals surface area contributed by atoms with Gasteiger partial charge in [0.25, 0.3) is 0 Å². The number of carboxylic acid groups (broad SMARTS) is 1. The van der Waals surface area contributed by atoms with Gasteiger partial charge < -0.3 is 20.0 Å². The molecular formula is C12H16N2O4S. The predicted molar refractivity (Wildman–Crippen MR) is 69.9 cm³/mol. The van der Waals surface area contributed by atoms with Crippen molar-refractivity contribution in [2.45, 2.75) is 25.1 Å². The number of hydrogen-bond acceptors (Lipinski definition) is 4. The molecule has 19 heavy (non-hydrogen) atoms. The summed E-state index contributed by atoms with van der Waals surface area (Å²) in [5, 5.41) is 20.5. The second-order valence-electron chi connectivity index (χ2n) is 4.61. The number of amides is 2. The lowest BCUT2D eigenvalue weighted by atomic mass is 10.2. The second-order valence-corrected chi connectivity index (χ2v) is 5.65. The number of urea groups is 1. The number of aliphatic hydroxyl groups is 1. The SMILES string of the molecule is CN(Cc1cccs1)C(=O)N1C[C@H](O)C[C@H]1C(=O)O. The van der Waals surface area contributed by atoms with Crippen LogP contribution >= 0.6 is 11.3 Å². The Hall–Kier alpha value is -1.60. The summed E-state index contributed by atoms with van der Waals surface area (Å²) in [6.07, 6.45) is -0.673. The molecule has 1 fully saturated rings. The number of carboxylic acids is 1. The average Bonchev–Trinajstić information content (AvgIpc) is 2.97. The Labute approximate surface area is 114 Å². The fraction of sp³-hybridized carbons (Fsp3) is 0.500. The molecule has 0 radical (unpaired) electrons. The van der Waals surface area contributed by atoms with Crippen molar-refractivity contribution in [3.8, 4) is 0 Å². The largest absolute Gasteiger partial charge is 0.480 e. The number of carbonyl (C=O) groups excluding carboxylic acids is 1. The Kier molecular flexibility index (Phi) is 4.06. The molecule has 6 nitrogen and oxygen atoms in total. The molecule has 0 aliphatic carbocycles. The zero-order chi connectivity index (χ0) is 14.0. The van der Waals surface area contributed by atoms with E-state index in [9.17, 15) is 14.7 Å². The van der Waals surface area contributed by atoms with E-state index in [0.717, 1.165) is 4.88 Å². The van der Waals surface area contributed by atoms with Gasteiger partial charge in [0.1, 0.15) is 6.04 Å². The average molecular weight is 284 g/mol. The van der Waals surface area contributed by atoms with Crippen molar-refractivity contribution >= 4 is 23.3 Å². The van der Waals surface area contributed by atoms with Crippen LogP contribution in [0.4, 0.5) is 4.79 Å². The molecule has 2 N–H and O–H groups in total. The zero-order valence-electron chi connectivity index (χ0n) is 10.5. The molecule has 2 heterocycles. The minimum absolute atomic E-state index is 0.0740. The van der Waals surface area contributed by atoms with E-state index in [1.165, 1.54) is 9.80 Å². The molecule has 0 bridgehead atoms. The lowest BCUT2D eigenvalue weighted by Crippen LogP contribution is -2.46. The van der Waals surface area contributed by atoms with E-state index in [2.05, 4.69) is 0 Å². The summed E-state index contributed by atoms with van der Waals surface area (Å²) in [6, 6.07) is 2.52. The summed E-state index contributed by atoms with van der Waals surface area (Å²) in [4.78, 5) is 27.0. The van der Waals surface area contributed by atoms with Crippen molar-refractivity contribution in [3.63, 3.8) is 0 Å². The van der Waals surface area contributed by atoms with Crippen LogP contribution in [0, 0.1) is 0 Å². The van der Waals surface area contributed by atoms with Gasteiger partial charge in [0.15, 0.2) is 0 Å². The Balaban J connectivity index is 2.03. The van der Waals surface area contributed by atoms with Crippen LogP contribution in [-0.2, 0) is 11.3 Å². The Morgan fingerprint density at radius 2 is 2.32 bits per heavy atom. The Morgan fingerprint density at radius 3 is 2.89 bits per heavy atom. The number of carbonyl (C=O) groups is 2. The van der Waals surface area contributed by atoms with Gasteiger partial charge in [-0.2, -0.15) is 0 Å². The summed E-state index contributed by atoms with van der Waals surface area (Å²) >= 11 is 1.54. The highest BCUT2D eigenvalue weighted by Gasteiger charge is 2.40. The van der Waals surface area contributed by atoms with E-state index < -0.39 is 18.1 Å². The molecule has 7 heteroatoms. The third-order valence-corrected chi connectivity index (χ3v) is 3.97. The first-order valence-corrected chi connectivity index (χ1v) is 6.82. The summed E-state index contributed by atoms with van der Waals surface area (Å²) in [5.41, 5.74) is 0. The molecule has 1 aromatic heterocycles. The number of thiophene rings is 1. The van der Waals surface area contributed by atoms with Gasteiger partial charge >= 0.3 is 12.0 Å². The quantitative estimate of drug-likeness (QED) is 0.861. The van der Waals surface area contributed by atoms with Crippen molar-refractivity contribution < 1.29 is 19.8 Å². The number of β-amino-alcohol motifs (C(OH)–C–C–N with tert-alkyl or cyclic N) is 1. The van der Waals surface area contributed by atoms with Crippen LogP contribution in [0.5, 0.6) is 0 Å². The van der Waals surface area contributed by atoms with Crippen LogP contribution in [0.1, 0.15) is 11.3 Å². The summed E-state index contributed by atoms with van der Waals surface area (Å²) in [6.45, 7) is 0.514. The van der Waals surface area contributed by atoms with Crippen molar-refractivity contribution in [1.29, 1.82) is 0 Å². The molecule has 0 unspecified atom stereocenters. The van der Waals surface area contributed by atoms with Gasteiger partial charge in [-0.1, -0.05) is 6.07 Å². The normalized spacial score (nSPS) is 22.5. The predicted octanol–water partition coefficient (Wildman–Crippen LogP) is 0.820. The van der Waals surface area contributed by atoms with E-state index >= 15 is 0 Å². The maximum atomic E-state index is 12.2. The first kappa shape index (κ1) is 13.8. The van der Waals surface area contributed by atoms with E-state index in [4.69, 9.17) is 5.11 Å². The van der Waals surface area contributed by atoms with Crippen molar-refractivity contribution in [1.82, 2.24) is 9.80 Å². The Morgan fingerprint density at radius 1 is 1.58 bits per heavy atom. The molecule has 1 saturated heterocycles. The minimum atomic E-state index is -1.07. The standard InChI is InChI=1S/C12H16N2O4S/c1-13(7-9-3-2-4-19-9)12(18)14-6-8(15)5-10(14)11(16)17/h2-4,8,10,15H,5-7H2,1H3,(H,16,17)/t8-,10+/m1/s1. The first-order chi connectivity index (χ1) is 8.99. The van der Waals surface area contributed by atoms with Gasteiger partial charge in [-0.15, -0.1) is 11.3 Å². The summed E-state index contributed by atoms with van der Waals surface area (Å²) < 4.78 is 0. The van der Waals surface area contributed by atoms with Crippen LogP contribution in [0.2, 0.25) is 0 Å². The molecule has 1 aliphatic rings. The molecule has 0 aromatic carbocycles. The van der Waals surface area contributed by atoms with Gasteiger partial charge in [0, 0.05) is 24.9 Å². The smallest absolute Gasteiger partial charge is 0.326 e. The first-order valence-electron chi connectivity index (χ1n) is 5.94. The molecule has 1 aliphatic heterocycles. The molecule has 2 amide bonds. The summed E-state index contributed by atoms with van der Waals surface area (Å²) in [5.74, 6) is -1.07. The molecule has 104 valence electrons. The monoisotopic (exact) mass is 284 g/mol. The molecule has 2 rings (SSSR count). The maximum Gasteiger partial charge on any atom is 0.326 e. The van der Waals surface area contributed by atoms with Crippen molar-refractivity contribution in [3.05, 3.63) is 22.4 Å². The number of likely N-dealkylation sites (tertiary alicyclic amines) is 1. The number of aliphatic hydroxyl groups excluding tert-OH is 1. The highest BCUT2D eigenvalue weighted by Crippen LogP contribution is 2.21. The third-order valence-electron chi connectivity index (χ3n) is 3.11. The van der Waals surface area contributed by atoms with Gasteiger partial charge in [0.2, 0.25) is 0 Å². The van der Waals surface area contributed by atoms with Crippen molar-refractivity contribution in [2.75, 3.05) is 13.6 Å². The highest BCUT2D eigenvalue weighted by atomic mass is 32.1. The van der Waals surface area contributed by atoms with Crippen LogP contribution in [0.15, 0.2) is 17.5 Å². The Bertz CT molecular complexity index is 462. The molecule has 0 saturated carbocycles. The second kappa shape index (κ2) is 5.58.